The van der Waals surface area contributed by atoms with Gasteiger partial charge in [0.15, 0.2) is 5.82 Å². The molecular formula is C32H32ClF2N5O5. The number of hydrogen-bond acceptors (Lipinski definition) is 6. The fourth-order valence-electron chi connectivity index (χ4n) is 5.55. The van der Waals surface area contributed by atoms with Crippen LogP contribution < -0.4 is 20.7 Å². The second-order valence-electron chi connectivity index (χ2n) is 11.0. The van der Waals surface area contributed by atoms with E-state index in [1.54, 1.807) is 24.3 Å². The molecule has 0 aliphatic carbocycles. The van der Waals surface area contributed by atoms with Crippen molar-refractivity contribution >= 4 is 41.0 Å². The molecule has 236 valence electrons. The normalized spacial score (nSPS) is 18.3. The van der Waals surface area contributed by atoms with Crippen LogP contribution in [0.15, 0.2) is 48.5 Å². The van der Waals surface area contributed by atoms with Gasteiger partial charge in [-0.15, -0.1) is 0 Å². The van der Waals surface area contributed by atoms with E-state index in [1.165, 1.54) is 50.4 Å². The molecule has 2 aliphatic heterocycles. The number of rotatable bonds is 9. The number of anilines is 1. The monoisotopic (exact) mass is 639 g/mol. The first-order valence-corrected chi connectivity index (χ1v) is 14.7. The van der Waals surface area contributed by atoms with Crippen LogP contribution in [0.2, 0.25) is 5.02 Å². The first-order chi connectivity index (χ1) is 21.5. The van der Waals surface area contributed by atoms with Gasteiger partial charge >= 0.3 is 6.03 Å². The number of hydrogen-bond donors (Lipinski definition) is 3. The minimum Gasteiger partial charge on any atom is -0.496 e. The van der Waals surface area contributed by atoms with Gasteiger partial charge in [-0.05, 0) is 30.2 Å². The Balaban J connectivity index is 1.38. The number of benzene rings is 3. The van der Waals surface area contributed by atoms with Crippen molar-refractivity contribution < 1.29 is 32.7 Å². The van der Waals surface area contributed by atoms with E-state index in [-0.39, 0.29) is 41.3 Å². The van der Waals surface area contributed by atoms with Gasteiger partial charge in [0.2, 0.25) is 17.7 Å². The quantitative estimate of drug-likeness (QED) is 0.299. The topological polar surface area (TPSA) is 120 Å². The largest absolute Gasteiger partial charge is 0.496 e. The molecule has 3 N–H and O–H groups in total. The molecule has 10 nitrogen and oxygen atoms in total. The van der Waals surface area contributed by atoms with Crippen LogP contribution in [0.1, 0.15) is 18.4 Å². The predicted octanol–water partition coefficient (Wildman–Crippen LogP) is 4.41. The van der Waals surface area contributed by atoms with Crippen molar-refractivity contribution in [3.05, 3.63) is 70.8 Å². The summed E-state index contributed by atoms with van der Waals surface area (Å²) in [5, 5.41) is 8.64. The summed E-state index contributed by atoms with van der Waals surface area (Å²) in [6, 6.07) is 11.7. The number of urea groups is 1. The van der Waals surface area contributed by atoms with Gasteiger partial charge in [-0.1, -0.05) is 41.9 Å². The highest BCUT2D eigenvalue weighted by molar-refractivity contribution is 6.36. The summed E-state index contributed by atoms with van der Waals surface area (Å²) in [5.41, 5.74) is 1.35. The van der Waals surface area contributed by atoms with Crippen molar-refractivity contribution in [1.82, 2.24) is 20.4 Å². The molecule has 2 fully saturated rings. The Labute approximate surface area is 263 Å². The van der Waals surface area contributed by atoms with E-state index < -0.39 is 35.4 Å². The minimum absolute atomic E-state index is 0.00104. The number of ether oxygens (including phenoxy) is 1. The van der Waals surface area contributed by atoms with Crippen LogP contribution in [-0.4, -0.2) is 73.9 Å². The Morgan fingerprint density at radius 3 is 2.49 bits per heavy atom. The van der Waals surface area contributed by atoms with Gasteiger partial charge in [0.25, 0.3) is 0 Å². The number of methoxy groups -OCH3 is 1. The molecule has 2 saturated heterocycles. The third kappa shape index (κ3) is 6.47. The van der Waals surface area contributed by atoms with Crippen molar-refractivity contribution in [3.8, 4) is 28.0 Å². The molecule has 0 saturated carbocycles. The maximum Gasteiger partial charge on any atom is 0.326 e. The first kappa shape index (κ1) is 31.9. The zero-order valence-corrected chi connectivity index (χ0v) is 25.6. The summed E-state index contributed by atoms with van der Waals surface area (Å²) < 4.78 is 36.8. The third-order valence-electron chi connectivity index (χ3n) is 8.02. The van der Waals surface area contributed by atoms with Crippen molar-refractivity contribution in [1.29, 1.82) is 0 Å². The van der Waals surface area contributed by atoms with Crippen LogP contribution in [0, 0.1) is 17.6 Å². The number of imide groups is 1. The van der Waals surface area contributed by atoms with E-state index >= 15 is 8.78 Å². The lowest BCUT2D eigenvalue weighted by Crippen LogP contribution is -2.56. The molecule has 2 heterocycles. The van der Waals surface area contributed by atoms with E-state index in [4.69, 9.17) is 16.3 Å². The second-order valence-corrected chi connectivity index (χ2v) is 11.4. The van der Waals surface area contributed by atoms with Gasteiger partial charge in [-0.25, -0.2) is 13.6 Å². The van der Waals surface area contributed by atoms with Crippen LogP contribution >= 0.6 is 11.6 Å². The molecule has 2 atom stereocenters. The number of carbonyl (C=O) groups excluding carboxylic acids is 4. The molecule has 0 spiro atoms. The molecule has 2 unspecified atom stereocenters. The summed E-state index contributed by atoms with van der Waals surface area (Å²) in [7, 11) is 4.18. The lowest BCUT2D eigenvalue weighted by molar-refractivity contribution is -0.140. The zero-order valence-electron chi connectivity index (χ0n) is 24.9. The molecule has 5 rings (SSSR count). The van der Waals surface area contributed by atoms with Crippen LogP contribution in [0.5, 0.6) is 5.75 Å². The highest BCUT2D eigenvalue weighted by Crippen LogP contribution is 2.40. The molecule has 3 aromatic carbocycles. The lowest BCUT2D eigenvalue weighted by atomic mass is 9.96. The lowest BCUT2D eigenvalue weighted by Gasteiger charge is -2.33. The summed E-state index contributed by atoms with van der Waals surface area (Å²) in [6.45, 7) is 0.519. The van der Waals surface area contributed by atoms with Crippen LogP contribution in [0.4, 0.5) is 19.3 Å². The smallest absolute Gasteiger partial charge is 0.326 e. The Morgan fingerprint density at radius 1 is 1.07 bits per heavy atom. The van der Waals surface area contributed by atoms with Crippen LogP contribution in [0.3, 0.4) is 0 Å². The number of halogens is 3. The van der Waals surface area contributed by atoms with E-state index in [9.17, 15) is 19.2 Å². The fraction of sp³-hybridized carbons (Fsp3) is 0.312. The first-order valence-electron chi connectivity index (χ1n) is 14.3. The van der Waals surface area contributed by atoms with Gasteiger partial charge in [0, 0.05) is 68.4 Å². The molecule has 2 aliphatic rings. The molecule has 45 heavy (non-hydrogen) atoms. The van der Waals surface area contributed by atoms with Crippen molar-refractivity contribution in [2.75, 3.05) is 39.6 Å². The zero-order chi connectivity index (χ0) is 32.4. The van der Waals surface area contributed by atoms with Crippen molar-refractivity contribution in [2.24, 2.45) is 5.92 Å². The maximum atomic E-state index is 15.9. The van der Waals surface area contributed by atoms with Gasteiger partial charge < -0.3 is 25.6 Å². The number of amides is 5. The fourth-order valence-corrected chi connectivity index (χ4v) is 5.89. The Hall–Kier alpha value is -4.55. The molecule has 13 heteroatoms. The highest BCUT2D eigenvalue weighted by Gasteiger charge is 2.39. The summed E-state index contributed by atoms with van der Waals surface area (Å²) in [6.07, 6.45) is 1.19. The van der Waals surface area contributed by atoms with Crippen molar-refractivity contribution in [3.63, 3.8) is 0 Å². The molecule has 0 radical (unpaired) electrons. The maximum absolute atomic E-state index is 15.9. The summed E-state index contributed by atoms with van der Waals surface area (Å²) in [5.74, 6) is -3.67. The molecule has 5 amide bonds. The SMILES string of the molecule is COc1cc(-c2cccc(-c3cccc(NC(=O)C4CN(C)C(=O)N(C)C4=O)c3F)c2Cl)cc(F)c1CNCC1CCC(=O)N1. The van der Waals surface area contributed by atoms with E-state index in [0.29, 0.717) is 47.4 Å². The second kappa shape index (κ2) is 13.2. The van der Waals surface area contributed by atoms with Gasteiger partial charge in [0.1, 0.15) is 17.5 Å². The Bertz CT molecular complexity index is 1690. The van der Waals surface area contributed by atoms with Gasteiger partial charge in [-0.3, -0.25) is 19.3 Å². The third-order valence-corrected chi connectivity index (χ3v) is 8.43. The van der Waals surface area contributed by atoms with E-state index in [0.717, 1.165) is 4.90 Å². The number of nitrogens with zero attached hydrogens (tertiary/aromatic N) is 2. The standard InChI is InChI=1S/C32H32ClF2N5O5/c1-39-16-23(31(43)40(2)32(39)44)30(42)38-25-9-5-8-21(29(25)35)20-7-4-6-19(28(20)33)17-12-24(34)22(26(13-17)45-3)15-36-14-18-10-11-27(41)37-18/h4-9,12-13,18,23,36H,10-11,14-16H2,1-3H3,(H,37,41)(H,38,42). The number of nitrogens with one attached hydrogen (secondary N) is 3. The average Bonchev–Trinajstić information content (AvgIpc) is 3.44. The van der Waals surface area contributed by atoms with E-state index in [2.05, 4.69) is 16.0 Å². The molecular weight excluding hydrogens is 608 g/mol. The van der Waals surface area contributed by atoms with Crippen molar-refractivity contribution in [2.45, 2.75) is 25.4 Å². The summed E-state index contributed by atoms with van der Waals surface area (Å²) >= 11 is 6.80. The molecule has 0 aromatic heterocycles. The number of carbonyl (C=O) groups is 4. The van der Waals surface area contributed by atoms with Gasteiger partial charge in [-0.2, -0.15) is 0 Å². The predicted molar refractivity (Wildman–Crippen MR) is 165 cm³/mol. The van der Waals surface area contributed by atoms with Crippen LogP contribution in [-0.2, 0) is 20.9 Å². The molecule has 0 bridgehead atoms. The van der Waals surface area contributed by atoms with Gasteiger partial charge in [0.05, 0.1) is 17.8 Å². The molecule has 3 aromatic rings. The average molecular weight is 640 g/mol. The minimum atomic E-state index is -1.21. The Morgan fingerprint density at radius 2 is 1.78 bits per heavy atom. The van der Waals surface area contributed by atoms with E-state index in [1.807, 2.05) is 0 Å². The summed E-state index contributed by atoms with van der Waals surface area (Å²) in [4.78, 5) is 51.1. The van der Waals surface area contributed by atoms with Crippen LogP contribution in [0.25, 0.3) is 22.3 Å². The highest BCUT2D eigenvalue weighted by atomic mass is 35.5. The Kier molecular flexibility index (Phi) is 9.35.